The van der Waals surface area contributed by atoms with Crippen LogP contribution in [-0.4, -0.2) is 60.1 Å². The van der Waals surface area contributed by atoms with E-state index in [-0.39, 0.29) is 63.7 Å². The summed E-state index contributed by atoms with van der Waals surface area (Å²) in [6, 6.07) is 4.59. The fourth-order valence-corrected chi connectivity index (χ4v) is 4.21. The van der Waals surface area contributed by atoms with Crippen LogP contribution in [0.2, 0.25) is 0 Å². The molecule has 1 atom stereocenters. The van der Waals surface area contributed by atoms with Gasteiger partial charge in [0.1, 0.15) is 23.9 Å². The van der Waals surface area contributed by atoms with Crippen LogP contribution in [0, 0.1) is 5.92 Å². The molecule has 0 aliphatic heterocycles. The Morgan fingerprint density at radius 3 is 2.25 bits per heavy atom. The highest BCUT2D eigenvalue weighted by atomic mass is 16.5. The number of carbonyl (C=O) groups excluding carboxylic acids is 3. The van der Waals surface area contributed by atoms with E-state index < -0.39 is 24.1 Å². The van der Waals surface area contributed by atoms with Gasteiger partial charge in [0.25, 0.3) is 0 Å². The number of rotatable bonds is 4. The van der Waals surface area contributed by atoms with Crippen LogP contribution in [0.5, 0.6) is 17.2 Å². The molecule has 0 saturated heterocycles. The standard InChI is InChI=1S/C21H18O7.C3H8O/c1-28-14-4-2-3-11-15(14)21(27)17-16(19(11)25)20(26)12-7-9(13(23)8-22)5-6-10(12)18(17)24;1-3-4-2/h2-4,9,22,24,26H,5-8H2,1H3;3H2,1-2H3. The minimum atomic E-state index is -0.609. The largest absolute Gasteiger partial charge is 0.507 e. The highest BCUT2D eigenvalue weighted by molar-refractivity contribution is 6.31. The van der Waals surface area contributed by atoms with Crippen molar-refractivity contribution in [2.24, 2.45) is 5.92 Å². The van der Waals surface area contributed by atoms with E-state index in [9.17, 15) is 24.6 Å². The molecule has 32 heavy (non-hydrogen) atoms. The van der Waals surface area contributed by atoms with Gasteiger partial charge in [-0.15, -0.1) is 0 Å². The maximum absolute atomic E-state index is 13.1. The van der Waals surface area contributed by atoms with Crippen LogP contribution < -0.4 is 4.74 Å². The second-order valence-corrected chi connectivity index (χ2v) is 7.59. The van der Waals surface area contributed by atoms with Crippen LogP contribution in [-0.2, 0) is 22.4 Å². The van der Waals surface area contributed by atoms with Gasteiger partial charge in [-0.3, -0.25) is 14.4 Å². The number of aromatic hydroxyl groups is 2. The lowest BCUT2D eigenvalue weighted by atomic mass is 9.75. The number of methoxy groups -OCH3 is 2. The van der Waals surface area contributed by atoms with E-state index in [1.807, 2.05) is 6.92 Å². The molecule has 2 aliphatic rings. The number of benzene rings is 2. The summed E-state index contributed by atoms with van der Waals surface area (Å²) >= 11 is 0. The summed E-state index contributed by atoms with van der Waals surface area (Å²) in [7, 11) is 3.06. The summed E-state index contributed by atoms with van der Waals surface area (Å²) in [5.74, 6) is -2.56. The lowest BCUT2D eigenvalue weighted by Crippen LogP contribution is -2.28. The molecule has 0 fully saturated rings. The second kappa shape index (κ2) is 9.50. The number of phenolic OH excluding ortho intramolecular Hbond substituents is 2. The molecule has 2 aromatic carbocycles. The fourth-order valence-electron chi connectivity index (χ4n) is 4.21. The number of carbonyl (C=O) groups is 3. The van der Waals surface area contributed by atoms with Crippen molar-refractivity contribution in [3.05, 3.63) is 51.6 Å². The van der Waals surface area contributed by atoms with Crippen molar-refractivity contribution < 1.29 is 39.2 Å². The first kappa shape index (κ1) is 23.4. The average molecular weight is 442 g/mol. The van der Waals surface area contributed by atoms with Crippen LogP contribution in [0.3, 0.4) is 0 Å². The Labute approximate surface area is 185 Å². The van der Waals surface area contributed by atoms with Gasteiger partial charge in [0.15, 0.2) is 11.6 Å². The number of ether oxygens (including phenoxy) is 2. The first-order valence-corrected chi connectivity index (χ1v) is 10.3. The minimum Gasteiger partial charge on any atom is -0.507 e. The van der Waals surface area contributed by atoms with Crippen molar-refractivity contribution in [2.45, 2.75) is 26.2 Å². The minimum absolute atomic E-state index is 0.0568. The Bertz CT molecular complexity index is 1080. The number of Topliss-reactive ketones (excluding diaryl/α,β-unsaturated/α-hetero) is 1. The normalized spacial score (nSPS) is 16.3. The summed E-state index contributed by atoms with van der Waals surface area (Å²) in [6.07, 6.45) is 0.715. The van der Waals surface area contributed by atoms with E-state index in [4.69, 9.17) is 9.84 Å². The van der Waals surface area contributed by atoms with Gasteiger partial charge in [0.05, 0.1) is 23.8 Å². The number of phenols is 2. The third kappa shape index (κ3) is 3.76. The van der Waals surface area contributed by atoms with Gasteiger partial charge in [0, 0.05) is 36.3 Å². The maximum atomic E-state index is 13.1. The molecular formula is C24H26O8. The second-order valence-electron chi connectivity index (χ2n) is 7.59. The number of fused-ring (bicyclic) bond motifs is 3. The zero-order valence-electron chi connectivity index (χ0n) is 18.2. The third-order valence-corrected chi connectivity index (χ3v) is 5.92. The Kier molecular flexibility index (Phi) is 6.96. The number of aliphatic hydroxyl groups is 1. The van der Waals surface area contributed by atoms with Crippen molar-refractivity contribution in [3.8, 4) is 17.2 Å². The van der Waals surface area contributed by atoms with Gasteiger partial charge in [-0.2, -0.15) is 0 Å². The molecule has 0 radical (unpaired) electrons. The molecule has 0 aromatic heterocycles. The van der Waals surface area contributed by atoms with Crippen molar-refractivity contribution >= 4 is 17.3 Å². The van der Waals surface area contributed by atoms with Crippen molar-refractivity contribution in [1.82, 2.24) is 0 Å². The van der Waals surface area contributed by atoms with Gasteiger partial charge >= 0.3 is 0 Å². The monoisotopic (exact) mass is 442 g/mol. The fraction of sp³-hybridized carbons (Fsp3) is 0.375. The van der Waals surface area contributed by atoms with Gasteiger partial charge in [-0.05, 0) is 32.3 Å². The molecule has 0 bridgehead atoms. The maximum Gasteiger partial charge on any atom is 0.202 e. The summed E-state index contributed by atoms with van der Waals surface area (Å²) in [6.45, 7) is 2.17. The van der Waals surface area contributed by atoms with E-state index in [0.29, 0.717) is 12.0 Å². The van der Waals surface area contributed by atoms with Crippen molar-refractivity contribution in [1.29, 1.82) is 0 Å². The molecule has 0 saturated carbocycles. The Hall–Kier alpha value is -3.23. The molecule has 0 amide bonds. The molecule has 0 spiro atoms. The highest BCUT2D eigenvalue weighted by Gasteiger charge is 2.40. The molecule has 0 heterocycles. The predicted molar refractivity (Wildman–Crippen MR) is 115 cm³/mol. The van der Waals surface area contributed by atoms with Crippen LogP contribution in [0.1, 0.15) is 56.3 Å². The van der Waals surface area contributed by atoms with E-state index in [2.05, 4.69) is 4.74 Å². The Balaban J connectivity index is 0.000000668. The molecule has 2 aromatic rings. The first-order valence-electron chi connectivity index (χ1n) is 10.3. The van der Waals surface area contributed by atoms with Crippen LogP contribution >= 0.6 is 0 Å². The van der Waals surface area contributed by atoms with Gasteiger partial charge in [0.2, 0.25) is 5.78 Å². The van der Waals surface area contributed by atoms with E-state index in [1.54, 1.807) is 19.2 Å². The van der Waals surface area contributed by atoms with E-state index in [1.165, 1.54) is 13.2 Å². The number of ketones is 3. The lowest BCUT2D eigenvalue weighted by molar-refractivity contribution is -0.125. The zero-order valence-corrected chi connectivity index (χ0v) is 18.2. The molecule has 1 unspecified atom stereocenters. The molecule has 8 heteroatoms. The Morgan fingerprint density at radius 1 is 1.03 bits per heavy atom. The first-order chi connectivity index (χ1) is 15.3. The predicted octanol–water partition coefficient (Wildman–Crippen LogP) is 2.20. The lowest BCUT2D eigenvalue weighted by Gasteiger charge is -2.29. The summed E-state index contributed by atoms with van der Waals surface area (Å²) in [4.78, 5) is 38.1. The van der Waals surface area contributed by atoms with Gasteiger partial charge < -0.3 is 24.8 Å². The quantitative estimate of drug-likeness (QED) is 0.524. The van der Waals surface area contributed by atoms with Crippen LogP contribution in [0.25, 0.3) is 0 Å². The molecular weight excluding hydrogens is 416 g/mol. The Morgan fingerprint density at radius 2 is 1.66 bits per heavy atom. The van der Waals surface area contributed by atoms with Gasteiger partial charge in [-0.25, -0.2) is 0 Å². The average Bonchev–Trinajstić information content (AvgIpc) is 2.83. The number of hydrogen-bond acceptors (Lipinski definition) is 8. The summed E-state index contributed by atoms with van der Waals surface area (Å²) < 4.78 is 9.75. The highest BCUT2D eigenvalue weighted by Crippen LogP contribution is 2.47. The van der Waals surface area contributed by atoms with Crippen LogP contribution in [0.15, 0.2) is 18.2 Å². The number of hydrogen-bond donors (Lipinski definition) is 3. The van der Waals surface area contributed by atoms with Gasteiger partial charge in [-0.1, -0.05) is 12.1 Å². The SMILES string of the molecule is CCOC.COc1cccc2c1C(=O)c1c(O)c3c(c(O)c1C2=O)CC(C(=O)CO)CC3. The van der Waals surface area contributed by atoms with E-state index in [0.717, 1.165) is 6.61 Å². The van der Waals surface area contributed by atoms with Crippen molar-refractivity contribution in [2.75, 3.05) is 27.4 Å². The van der Waals surface area contributed by atoms with Crippen molar-refractivity contribution in [3.63, 3.8) is 0 Å². The topological polar surface area (TPSA) is 130 Å². The third-order valence-electron chi connectivity index (χ3n) is 5.92. The molecule has 4 rings (SSSR count). The van der Waals surface area contributed by atoms with E-state index >= 15 is 0 Å². The zero-order chi connectivity index (χ0) is 23.6. The number of aliphatic hydroxyl groups excluding tert-OH is 1. The summed E-state index contributed by atoms with van der Waals surface area (Å²) in [5, 5.41) is 30.7. The van der Waals surface area contributed by atoms with Crippen LogP contribution in [0.4, 0.5) is 0 Å². The molecule has 170 valence electrons. The molecule has 3 N–H and O–H groups in total. The molecule has 8 nitrogen and oxygen atoms in total. The summed E-state index contributed by atoms with van der Waals surface area (Å²) in [5.41, 5.74) is 0.301. The molecule has 2 aliphatic carbocycles. The smallest absolute Gasteiger partial charge is 0.202 e.